The molecule has 2 nitrogen and oxygen atoms in total. The molecule has 4 heteroatoms. The fourth-order valence-electron chi connectivity index (χ4n) is 2.60. The first-order valence-corrected chi connectivity index (χ1v) is 6.84. The zero-order valence-electron chi connectivity index (χ0n) is 10.7. The van der Waals surface area contributed by atoms with Gasteiger partial charge in [-0.25, -0.2) is 4.39 Å². The van der Waals surface area contributed by atoms with E-state index < -0.39 is 5.82 Å². The first-order chi connectivity index (χ1) is 9.63. The highest BCUT2D eigenvalue weighted by Gasteiger charge is 2.23. The Morgan fingerprint density at radius 2 is 1.80 bits per heavy atom. The normalized spacial score (nSPS) is 14.1. The van der Waals surface area contributed by atoms with Crippen LogP contribution in [0.3, 0.4) is 0 Å². The molecule has 1 aliphatic carbocycles. The molecule has 0 spiro atoms. The van der Waals surface area contributed by atoms with Crippen LogP contribution < -0.4 is 5.32 Å². The van der Waals surface area contributed by atoms with E-state index >= 15 is 0 Å². The van der Waals surface area contributed by atoms with Gasteiger partial charge >= 0.3 is 0 Å². The Labute approximate surface area is 121 Å². The van der Waals surface area contributed by atoms with E-state index in [2.05, 4.69) is 17.4 Å². The number of rotatable bonds is 2. The number of benzene rings is 2. The minimum atomic E-state index is -0.445. The average molecular weight is 290 g/mol. The molecule has 0 saturated heterocycles. The minimum absolute atomic E-state index is 0.0704. The van der Waals surface area contributed by atoms with Crippen LogP contribution in [-0.2, 0) is 12.8 Å². The zero-order chi connectivity index (χ0) is 14.1. The molecule has 0 saturated carbocycles. The molecule has 2 aromatic rings. The molecule has 0 radical (unpaired) electrons. The van der Waals surface area contributed by atoms with Crippen LogP contribution in [0.2, 0.25) is 5.02 Å². The van der Waals surface area contributed by atoms with Crippen molar-refractivity contribution in [1.29, 1.82) is 0 Å². The summed E-state index contributed by atoms with van der Waals surface area (Å²) >= 11 is 5.90. The molecule has 1 amide bonds. The SMILES string of the molecule is O=C(NC1Cc2ccccc2C1)c1ccc(F)cc1Cl. The first kappa shape index (κ1) is 13.1. The van der Waals surface area contributed by atoms with Crippen molar-refractivity contribution >= 4 is 17.5 Å². The molecular formula is C16H13ClFNO. The van der Waals surface area contributed by atoms with Crippen molar-refractivity contribution in [2.45, 2.75) is 18.9 Å². The lowest BCUT2D eigenvalue weighted by molar-refractivity contribution is 0.0938. The predicted octanol–water partition coefficient (Wildman–Crippen LogP) is 3.38. The van der Waals surface area contributed by atoms with Crippen molar-refractivity contribution in [3.63, 3.8) is 0 Å². The van der Waals surface area contributed by atoms with Crippen LogP contribution >= 0.6 is 11.6 Å². The molecule has 0 aliphatic heterocycles. The second-order valence-corrected chi connectivity index (χ2v) is 5.38. The standard InChI is InChI=1S/C16H13ClFNO/c17-15-9-12(18)5-6-14(15)16(20)19-13-7-10-3-1-2-4-11(10)8-13/h1-6,9,13H,7-8H2,(H,19,20). The van der Waals surface area contributed by atoms with Gasteiger partial charge in [-0.05, 0) is 42.2 Å². The van der Waals surface area contributed by atoms with Gasteiger partial charge in [-0.2, -0.15) is 0 Å². The Kier molecular flexibility index (Phi) is 3.45. The number of carbonyl (C=O) groups is 1. The Bertz CT molecular complexity index is 646. The summed E-state index contributed by atoms with van der Waals surface area (Å²) < 4.78 is 13.0. The van der Waals surface area contributed by atoms with E-state index in [4.69, 9.17) is 11.6 Å². The van der Waals surface area contributed by atoms with Crippen molar-refractivity contribution in [2.24, 2.45) is 0 Å². The third-order valence-electron chi connectivity index (χ3n) is 3.56. The van der Waals surface area contributed by atoms with Gasteiger partial charge in [-0.1, -0.05) is 35.9 Å². The van der Waals surface area contributed by atoms with E-state index in [9.17, 15) is 9.18 Å². The number of hydrogen-bond donors (Lipinski definition) is 1. The topological polar surface area (TPSA) is 29.1 Å². The summed E-state index contributed by atoms with van der Waals surface area (Å²) in [5.41, 5.74) is 2.84. The summed E-state index contributed by atoms with van der Waals surface area (Å²) in [4.78, 5) is 12.2. The minimum Gasteiger partial charge on any atom is -0.349 e. The van der Waals surface area contributed by atoms with E-state index in [1.54, 1.807) is 0 Å². The molecule has 1 aliphatic rings. The van der Waals surface area contributed by atoms with Gasteiger partial charge in [0, 0.05) is 6.04 Å². The van der Waals surface area contributed by atoms with E-state index in [-0.39, 0.29) is 17.0 Å². The lowest BCUT2D eigenvalue weighted by Gasteiger charge is -2.12. The van der Waals surface area contributed by atoms with Crippen molar-refractivity contribution in [3.05, 3.63) is 70.0 Å². The summed E-state index contributed by atoms with van der Waals surface area (Å²) in [7, 11) is 0. The van der Waals surface area contributed by atoms with Gasteiger partial charge < -0.3 is 5.32 Å². The highest BCUT2D eigenvalue weighted by Crippen LogP contribution is 2.23. The van der Waals surface area contributed by atoms with Gasteiger partial charge in [0.05, 0.1) is 10.6 Å². The smallest absolute Gasteiger partial charge is 0.253 e. The number of carbonyl (C=O) groups excluding carboxylic acids is 1. The number of hydrogen-bond acceptors (Lipinski definition) is 1. The Hall–Kier alpha value is -1.87. The van der Waals surface area contributed by atoms with Gasteiger partial charge in [0.15, 0.2) is 0 Å². The maximum atomic E-state index is 13.0. The summed E-state index contributed by atoms with van der Waals surface area (Å²) in [6, 6.07) is 12.0. The van der Waals surface area contributed by atoms with E-state index in [1.165, 1.54) is 23.3 Å². The Balaban J connectivity index is 1.72. The van der Waals surface area contributed by atoms with Gasteiger partial charge in [-0.15, -0.1) is 0 Å². The number of fused-ring (bicyclic) bond motifs is 1. The average Bonchev–Trinajstić information content (AvgIpc) is 2.80. The van der Waals surface area contributed by atoms with Crippen LogP contribution in [0, 0.1) is 5.82 Å². The van der Waals surface area contributed by atoms with E-state index in [0.29, 0.717) is 5.56 Å². The highest BCUT2D eigenvalue weighted by atomic mass is 35.5. The molecule has 0 bridgehead atoms. The van der Waals surface area contributed by atoms with Crippen LogP contribution in [-0.4, -0.2) is 11.9 Å². The summed E-state index contributed by atoms with van der Waals surface area (Å²) in [5, 5.41) is 3.09. The number of halogens is 2. The second-order valence-electron chi connectivity index (χ2n) is 4.97. The van der Waals surface area contributed by atoms with E-state index in [1.807, 2.05) is 12.1 Å². The molecule has 1 N–H and O–H groups in total. The monoisotopic (exact) mass is 289 g/mol. The summed E-state index contributed by atoms with van der Waals surface area (Å²) in [5.74, 6) is -0.701. The van der Waals surface area contributed by atoms with Crippen molar-refractivity contribution in [3.8, 4) is 0 Å². The van der Waals surface area contributed by atoms with E-state index in [0.717, 1.165) is 18.9 Å². The highest BCUT2D eigenvalue weighted by molar-refractivity contribution is 6.33. The molecule has 3 rings (SSSR count). The number of amides is 1. The van der Waals surface area contributed by atoms with Crippen LogP contribution in [0.1, 0.15) is 21.5 Å². The van der Waals surface area contributed by atoms with Crippen molar-refractivity contribution in [2.75, 3.05) is 0 Å². The van der Waals surface area contributed by atoms with Crippen molar-refractivity contribution < 1.29 is 9.18 Å². The van der Waals surface area contributed by atoms with Crippen LogP contribution in [0.25, 0.3) is 0 Å². The molecule has 0 fully saturated rings. The molecule has 102 valence electrons. The summed E-state index contributed by atoms with van der Waals surface area (Å²) in [6.07, 6.45) is 1.64. The zero-order valence-corrected chi connectivity index (χ0v) is 11.5. The van der Waals surface area contributed by atoms with Gasteiger partial charge in [0.2, 0.25) is 0 Å². The fraction of sp³-hybridized carbons (Fsp3) is 0.188. The molecule has 0 unspecified atom stereocenters. The maximum absolute atomic E-state index is 13.0. The summed E-state index contributed by atoms with van der Waals surface area (Å²) in [6.45, 7) is 0. The Morgan fingerprint density at radius 1 is 1.15 bits per heavy atom. The quantitative estimate of drug-likeness (QED) is 0.902. The van der Waals surface area contributed by atoms with Gasteiger partial charge in [-0.3, -0.25) is 4.79 Å². The van der Waals surface area contributed by atoms with Crippen molar-refractivity contribution in [1.82, 2.24) is 5.32 Å². The second kappa shape index (κ2) is 5.25. The molecule has 0 aromatic heterocycles. The van der Waals surface area contributed by atoms with Crippen LogP contribution in [0.15, 0.2) is 42.5 Å². The molecule has 20 heavy (non-hydrogen) atoms. The van der Waals surface area contributed by atoms with Gasteiger partial charge in [0.25, 0.3) is 5.91 Å². The predicted molar refractivity (Wildman–Crippen MR) is 76.5 cm³/mol. The lowest BCUT2D eigenvalue weighted by atomic mass is 10.1. The lowest BCUT2D eigenvalue weighted by Crippen LogP contribution is -2.35. The largest absolute Gasteiger partial charge is 0.349 e. The van der Waals surface area contributed by atoms with Gasteiger partial charge in [0.1, 0.15) is 5.82 Å². The third kappa shape index (κ3) is 2.54. The maximum Gasteiger partial charge on any atom is 0.253 e. The first-order valence-electron chi connectivity index (χ1n) is 6.46. The molecule has 0 atom stereocenters. The van der Waals surface area contributed by atoms with Crippen LogP contribution in [0.5, 0.6) is 0 Å². The fourth-order valence-corrected chi connectivity index (χ4v) is 2.85. The third-order valence-corrected chi connectivity index (χ3v) is 3.87. The number of nitrogens with one attached hydrogen (secondary N) is 1. The molecule has 2 aromatic carbocycles. The molecule has 0 heterocycles. The Morgan fingerprint density at radius 3 is 2.40 bits per heavy atom. The molecular weight excluding hydrogens is 277 g/mol. The van der Waals surface area contributed by atoms with Crippen LogP contribution in [0.4, 0.5) is 4.39 Å².